The molecule has 0 atom stereocenters. The summed E-state index contributed by atoms with van der Waals surface area (Å²) >= 11 is 0. The van der Waals surface area contributed by atoms with E-state index in [1.165, 1.54) is 34.6 Å². The largest absolute Gasteiger partial charge is 0.452 e. The van der Waals surface area contributed by atoms with Crippen molar-refractivity contribution in [1.29, 1.82) is 0 Å². The van der Waals surface area contributed by atoms with Gasteiger partial charge in [0.1, 0.15) is 6.54 Å². The van der Waals surface area contributed by atoms with Gasteiger partial charge in [-0.1, -0.05) is 25.0 Å². The first kappa shape index (κ1) is 23.9. The highest BCUT2D eigenvalue weighted by molar-refractivity contribution is 7.89. The number of ether oxygens (including phenoxy) is 1. The van der Waals surface area contributed by atoms with Gasteiger partial charge in [0.15, 0.2) is 6.61 Å². The van der Waals surface area contributed by atoms with Crippen LogP contribution in [0, 0.1) is 0 Å². The molecule has 0 unspecified atom stereocenters. The van der Waals surface area contributed by atoms with Crippen molar-refractivity contribution in [2.24, 2.45) is 0 Å². The normalized spacial score (nSPS) is 16.2. The molecule has 1 heterocycles. The van der Waals surface area contributed by atoms with E-state index in [1.807, 2.05) is 0 Å². The Morgan fingerprint density at radius 3 is 2.23 bits per heavy atom. The Hall–Kier alpha value is -2.40. The lowest BCUT2D eigenvalue weighted by molar-refractivity contribution is -0.148. The number of esters is 1. The van der Waals surface area contributed by atoms with E-state index in [2.05, 4.69) is 4.74 Å². The van der Waals surface area contributed by atoms with Gasteiger partial charge in [0.25, 0.3) is 5.91 Å². The highest BCUT2D eigenvalue weighted by Gasteiger charge is 2.28. The van der Waals surface area contributed by atoms with Crippen LogP contribution in [-0.4, -0.2) is 57.0 Å². The van der Waals surface area contributed by atoms with Crippen LogP contribution in [0.3, 0.4) is 0 Å². The first-order valence-electron chi connectivity index (χ1n) is 9.36. The number of amides is 1. The number of nitrogens with one attached hydrogen (secondary N) is 1. The molecule has 0 bridgehead atoms. The zero-order valence-electron chi connectivity index (χ0n) is 16.2. The fourth-order valence-corrected chi connectivity index (χ4v) is 4.30. The molecule has 1 aliphatic heterocycles. The summed E-state index contributed by atoms with van der Waals surface area (Å²) < 4.78 is 67.4. The third kappa shape index (κ3) is 7.79. The molecule has 11 heteroatoms. The molecule has 0 spiro atoms. The van der Waals surface area contributed by atoms with Crippen LogP contribution in [0.4, 0.5) is 13.2 Å². The van der Waals surface area contributed by atoms with Crippen molar-refractivity contribution >= 4 is 28.0 Å². The number of sulfonamides is 1. The number of benzene rings is 1. The summed E-state index contributed by atoms with van der Waals surface area (Å²) in [5.41, 5.74) is 0.517. The third-order valence-corrected chi connectivity index (χ3v) is 6.24. The molecule has 1 amide bonds. The zero-order valence-corrected chi connectivity index (χ0v) is 17.0. The van der Waals surface area contributed by atoms with Gasteiger partial charge in [-0.2, -0.15) is 17.5 Å². The summed E-state index contributed by atoms with van der Waals surface area (Å²) in [6.45, 7) is -1.36. The Morgan fingerprint density at radius 1 is 1.07 bits per heavy atom. The van der Waals surface area contributed by atoms with E-state index < -0.39 is 41.2 Å². The first-order chi connectivity index (χ1) is 14.1. The molecule has 0 saturated carbocycles. The highest BCUT2D eigenvalue weighted by Crippen LogP contribution is 2.21. The van der Waals surface area contributed by atoms with Crippen LogP contribution in [0.2, 0.25) is 0 Å². The van der Waals surface area contributed by atoms with Gasteiger partial charge in [0, 0.05) is 19.2 Å². The van der Waals surface area contributed by atoms with Gasteiger partial charge in [0.05, 0.1) is 4.90 Å². The minimum absolute atomic E-state index is 0.158. The van der Waals surface area contributed by atoms with Crippen LogP contribution < -0.4 is 5.32 Å². The minimum atomic E-state index is -4.55. The number of hydrogen-bond donors (Lipinski definition) is 1. The molecule has 2 rings (SSSR count). The first-order valence-corrected chi connectivity index (χ1v) is 10.8. The number of carbonyl (C=O) groups is 2. The van der Waals surface area contributed by atoms with E-state index in [0.29, 0.717) is 18.7 Å². The fraction of sp³-hybridized carbons (Fsp3) is 0.474. The Bertz CT molecular complexity index is 859. The SMILES string of the molecule is O=C(COC(=O)C=Cc1ccc(S(=O)(=O)N2CCCCCC2)cc1)NCC(F)(F)F. The Morgan fingerprint density at radius 2 is 1.67 bits per heavy atom. The lowest BCUT2D eigenvalue weighted by atomic mass is 10.2. The topological polar surface area (TPSA) is 92.8 Å². The second kappa shape index (κ2) is 10.6. The van der Waals surface area contributed by atoms with Crippen LogP contribution in [0.1, 0.15) is 31.2 Å². The van der Waals surface area contributed by atoms with Crippen molar-refractivity contribution < 1.29 is 35.9 Å². The number of alkyl halides is 3. The van der Waals surface area contributed by atoms with E-state index in [9.17, 15) is 31.2 Å². The summed E-state index contributed by atoms with van der Waals surface area (Å²) in [5, 5.41) is 1.58. The van der Waals surface area contributed by atoms with E-state index in [0.717, 1.165) is 31.8 Å². The maximum absolute atomic E-state index is 12.7. The van der Waals surface area contributed by atoms with Gasteiger partial charge in [-0.05, 0) is 36.6 Å². The molecule has 1 N–H and O–H groups in total. The number of hydrogen-bond acceptors (Lipinski definition) is 5. The van der Waals surface area contributed by atoms with Crippen LogP contribution in [0.25, 0.3) is 6.08 Å². The molecule has 1 aromatic rings. The van der Waals surface area contributed by atoms with Gasteiger partial charge in [-0.15, -0.1) is 0 Å². The lowest BCUT2D eigenvalue weighted by Crippen LogP contribution is -2.36. The quantitative estimate of drug-likeness (QED) is 0.511. The smallest absolute Gasteiger partial charge is 0.405 e. The molecule has 166 valence electrons. The summed E-state index contributed by atoms with van der Waals surface area (Å²) in [7, 11) is -3.57. The molecule has 30 heavy (non-hydrogen) atoms. The predicted octanol–water partition coefficient (Wildman–Crippen LogP) is 2.49. The van der Waals surface area contributed by atoms with Crippen molar-refractivity contribution in [2.45, 2.75) is 36.8 Å². The van der Waals surface area contributed by atoms with Crippen LogP contribution >= 0.6 is 0 Å². The van der Waals surface area contributed by atoms with Crippen molar-refractivity contribution in [3.8, 4) is 0 Å². The lowest BCUT2D eigenvalue weighted by Gasteiger charge is -2.19. The van der Waals surface area contributed by atoms with Gasteiger partial charge in [-0.3, -0.25) is 4.79 Å². The van der Waals surface area contributed by atoms with E-state index in [1.54, 1.807) is 5.32 Å². The standard InChI is InChI=1S/C19H23F3N2O5S/c20-19(21,22)14-23-17(25)13-29-18(26)10-7-15-5-8-16(9-6-15)30(27,28)24-11-3-1-2-4-12-24/h5-10H,1-4,11-14H2,(H,23,25). The molecular weight excluding hydrogens is 425 g/mol. The third-order valence-electron chi connectivity index (χ3n) is 4.33. The molecule has 1 aromatic carbocycles. The molecule has 7 nitrogen and oxygen atoms in total. The van der Waals surface area contributed by atoms with E-state index in [-0.39, 0.29) is 4.90 Å². The number of carbonyl (C=O) groups excluding carboxylic acids is 2. The van der Waals surface area contributed by atoms with Gasteiger partial charge in [-0.25, -0.2) is 13.2 Å². The predicted molar refractivity (Wildman–Crippen MR) is 103 cm³/mol. The number of halogens is 3. The van der Waals surface area contributed by atoms with Crippen LogP contribution in [-0.2, 0) is 24.3 Å². The summed E-state index contributed by atoms with van der Waals surface area (Å²) in [6.07, 6.45) is 1.47. The zero-order chi connectivity index (χ0) is 22.2. The average Bonchev–Trinajstić information content (AvgIpc) is 2.99. The highest BCUT2D eigenvalue weighted by atomic mass is 32.2. The fourth-order valence-electron chi connectivity index (χ4n) is 2.78. The summed E-state index contributed by atoms with van der Waals surface area (Å²) in [4.78, 5) is 22.9. The second-order valence-corrected chi connectivity index (χ2v) is 8.66. The Labute approximate surface area is 172 Å². The summed E-state index contributed by atoms with van der Waals surface area (Å²) in [5.74, 6) is -1.99. The molecule has 0 radical (unpaired) electrons. The van der Waals surface area contributed by atoms with E-state index in [4.69, 9.17) is 0 Å². The van der Waals surface area contributed by atoms with Crippen molar-refractivity contribution in [1.82, 2.24) is 9.62 Å². The summed E-state index contributed by atoms with van der Waals surface area (Å²) in [6, 6.07) is 5.92. The van der Waals surface area contributed by atoms with Crippen LogP contribution in [0.15, 0.2) is 35.2 Å². The molecule has 1 aliphatic rings. The molecule has 1 fully saturated rings. The van der Waals surface area contributed by atoms with Gasteiger partial charge in [0.2, 0.25) is 10.0 Å². The monoisotopic (exact) mass is 448 g/mol. The maximum Gasteiger partial charge on any atom is 0.405 e. The van der Waals surface area contributed by atoms with E-state index >= 15 is 0 Å². The second-order valence-electron chi connectivity index (χ2n) is 6.72. The van der Waals surface area contributed by atoms with Crippen LogP contribution in [0.5, 0.6) is 0 Å². The Kier molecular flexibility index (Phi) is 8.42. The minimum Gasteiger partial charge on any atom is -0.452 e. The maximum atomic E-state index is 12.7. The number of rotatable bonds is 7. The molecule has 1 saturated heterocycles. The van der Waals surface area contributed by atoms with Crippen molar-refractivity contribution in [3.63, 3.8) is 0 Å². The van der Waals surface area contributed by atoms with Gasteiger partial charge < -0.3 is 10.1 Å². The van der Waals surface area contributed by atoms with Gasteiger partial charge >= 0.3 is 12.1 Å². The number of nitrogens with zero attached hydrogens (tertiary/aromatic N) is 1. The molecular formula is C19H23F3N2O5S. The Balaban J connectivity index is 1.88. The molecule has 0 aliphatic carbocycles. The van der Waals surface area contributed by atoms with Crippen molar-refractivity contribution in [3.05, 3.63) is 35.9 Å². The average molecular weight is 448 g/mol. The van der Waals surface area contributed by atoms with Crippen molar-refractivity contribution in [2.75, 3.05) is 26.2 Å². The molecule has 0 aromatic heterocycles.